The number of benzene rings is 2. The summed E-state index contributed by atoms with van der Waals surface area (Å²) in [7, 11) is 0. The van der Waals surface area contributed by atoms with Crippen molar-refractivity contribution in [3.8, 4) is 0 Å². The van der Waals surface area contributed by atoms with Crippen LogP contribution in [0.1, 0.15) is 15.9 Å². The van der Waals surface area contributed by atoms with Gasteiger partial charge in [-0.2, -0.15) is 0 Å². The highest BCUT2D eigenvalue weighted by Gasteiger charge is 2.51. The maximum atomic E-state index is 13.8. The average molecular weight is 389 g/mol. The number of fused-ring (bicyclic) bond motifs is 1. The summed E-state index contributed by atoms with van der Waals surface area (Å²) >= 11 is 5.71. The van der Waals surface area contributed by atoms with E-state index >= 15 is 0 Å². The number of rotatable bonds is 3. The second-order valence-corrected chi connectivity index (χ2v) is 7.36. The fraction of sp³-hybridized carbons (Fsp3) is 0.300. The van der Waals surface area contributed by atoms with Gasteiger partial charge in [0.1, 0.15) is 18.0 Å². The second kappa shape index (κ2) is 6.85. The fourth-order valence-corrected chi connectivity index (χ4v) is 3.94. The zero-order valence-corrected chi connectivity index (χ0v) is 15.3. The Labute approximate surface area is 161 Å². The van der Waals surface area contributed by atoms with Crippen LogP contribution in [0.4, 0.5) is 9.18 Å². The van der Waals surface area contributed by atoms with E-state index in [0.29, 0.717) is 26.1 Å². The molecule has 140 valence electrons. The highest BCUT2D eigenvalue weighted by atomic mass is 35.5. The predicted molar refractivity (Wildman–Crippen MR) is 98.2 cm³/mol. The molecular weight excluding hydrogens is 371 g/mol. The third-order valence-corrected chi connectivity index (χ3v) is 5.47. The predicted octanol–water partition coefficient (Wildman–Crippen LogP) is 3.37. The van der Waals surface area contributed by atoms with Gasteiger partial charge in [0, 0.05) is 31.6 Å². The summed E-state index contributed by atoms with van der Waals surface area (Å²) in [6.07, 6.45) is 0.230. The van der Waals surface area contributed by atoms with Crippen LogP contribution in [-0.4, -0.2) is 53.6 Å². The van der Waals surface area contributed by atoms with Crippen LogP contribution in [0, 0.1) is 5.82 Å². The number of carbonyl (C=O) groups is 2. The molecule has 5 nitrogen and oxygen atoms in total. The molecule has 0 N–H and O–H groups in total. The largest absolute Gasteiger partial charge is 0.447 e. The van der Waals surface area contributed by atoms with Crippen molar-refractivity contribution in [2.45, 2.75) is 12.0 Å². The summed E-state index contributed by atoms with van der Waals surface area (Å²) in [6, 6.07) is 13.8. The van der Waals surface area contributed by atoms with Gasteiger partial charge in [-0.3, -0.25) is 9.69 Å². The Morgan fingerprint density at radius 1 is 1.19 bits per heavy atom. The quantitative estimate of drug-likeness (QED) is 0.810. The molecule has 2 heterocycles. The molecule has 2 saturated heterocycles. The first-order valence-electron chi connectivity index (χ1n) is 8.71. The fourth-order valence-electron chi connectivity index (χ4n) is 3.82. The zero-order valence-electron chi connectivity index (χ0n) is 14.5. The van der Waals surface area contributed by atoms with Gasteiger partial charge in [0.15, 0.2) is 0 Å². The maximum absolute atomic E-state index is 13.8. The standard InChI is InChI=1S/C20H18ClFN2O3/c21-16-7-6-15(10-17(16)22)18(25)23-8-9-24-19(26)27-13-20(24,12-23)11-14-4-2-1-3-5-14/h1-7,10H,8-9,11-13H2. The summed E-state index contributed by atoms with van der Waals surface area (Å²) in [4.78, 5) is 28.4. The molecule has 0 aromatic heterocycles. The first kappa shape index (κ1) is 17.8. The van der Waals surface area contributed by atoms with Crippen molar-refractivity contribution in [2.75, 3.05) is 26.2 Å². The number of carbonyl (C=O) groups excluding carboxylic acids is 2. The topological polar surface area (TPSA) is 49.9 Å². The highest BCUT2D eigenvalue weighted by molar-refractivity contribution is 6.30. The molecule has 7 heteroatoms. The lowest BCUT2D eigenvalue weighted by atomic mass is 9.88. The third-order valence-electron chi connectivity index (χ3n) is 5.17. The number of amides is 2. The van der Waals surface area contributed by atoms with Crippen molar-refractivity contribution >= 4 is 23.6 Å². The first-order chi connectivity index (χ1) is 13.0. The second-order valence-electron chi connectivity index (χ2n) is 6.95. The van der Waals surface area contributed by atoms with Crippen molar-refractivity contribution in [1.82, 2.24) is 9.80 Å². The lowest BCUT2D eigenvalue weighted by Gasteiger charge is -2.44. The van der Waals surface area contributed by atoms with Crippen molar-refractivity contribution in [3.05, 3.63) is 70.5 Å². The van der Waals surface area contributed by atoms with Gasteiger partial charge in [-0.05, 0) is 23.8 Å². The van der Waals surface area contributed by atoms with Crippen LogP contribution in [-0.2, 0) is 11.2 Å². The normalized spacial score (nSPS) is 21.8. The molecule has 0 spiro atoms. The van der Waals surface area contributed by atoms with E-state index in [0.717, 1.165) is 11.6 Å². The SMILES string of the molecule is O=C(c1ccc(Cl)c(F)c1)N1CCN2C(=O)OCC2(Cc2ccccc2)C1. The van der Waals surface area contributed by atoms with Crippen LogP contribution < -0.4 is 0 Å². The van der Waals surface area contributed by atoms with E-state index in [1.54, 1.807) is 9.80 Å². The molecule has 0 aliphatic carbocycles. The summed E-state index contributed by atoms with van der Waals surface area (Å²) in [5.74, 6) is -0.906. The lowest BCUT2D eigenvalue weighted by Crippen LogP contribution is -2.63. The Morgan fingerprint density at radius 2 is 1.96 bits per heavy atom. The maximum Gasteiger partial charge on any atom is 0.410 e. The van der Waals surface area contributed by atoms with E-state index in [1.165, 1.54) is 12.1 Å². The van der Waals surface area contributed by atoms with E-state index in [9.17, 15) is 14.0 Å². The Bertz CT molecular complexity index is 892. The van der Waals surface area contributed by atoms with Gasteiger partial charge < -0.3 is 9.64 Å². The number of cyclic esters (lactones) is 1. The molecule has 2 aliphatic rings. The number of nitrogens with zero attached hydrogens (tertiary/aromatic N) is 2. The Morgan fingerprint density at radius 3 is 2.70 bits per heavy atom. The molecule has 2 fully saturated rings. The Balaban J connectivity index is 1.60. The van der Waals surface area contributed by atoms with Gasteiger partial charge in [-0.15, -0.1) is 0 Å². The van der Waals surface area contributed by atoms with Gasteiger partial charge in [-0.1, -0.05) is 41.9 Å². The minimum atomic E-state index is -0.625. The van der Waals surface area contributed by atoms with Crippen molar-refractivity contribution in [3.63, 3.8) is 0 Å². The smallest absolute Gasteiger partial charge is 0.410 e. The molecule has 1 unspecified atom stereocenters. The number of ether oxygens (including phenoxy) is 1. The molecule has 27 heavy (non-hydrogen) atoms. The Hall–Kier alpha value is -2.60. The first-order valence-corrected chi connectivity index (χ1v) is 9.09. The number of halogens is 2. The third kappa shape index (κ3) is 3.25. The lowest BCUT2D eigenvalue weighted by molar-refractivity contribution is 0.0375. The minimum absolute atomic E-state index is 0.0216. The van der Waals surface area contributed by atoms with E-state index in [1.807, 2.05) is 30.3 Å². The van der Waals surface area contributed by atoms with Crippen LogP contribution in [0.2, 0.25) is 5.02 Å². The summed E-state index contributed by atoms with van der Waals surface area (Å²) in [6.45, 7) is 1.30. The summed E-state index contributed by atoms with van der Waals surface area (Å²) in [5, 5.41) is -0.0216. The van der Waals surface area contributed by atoms with Crippen molar-refractivity contribution < 1.29 is 18.7 Å². The van der Waals surface area contributed by atoms with E-state index in [2.05, 4.69) is 0 Å². The van der Waals surface area contributed by atoms with Gasteiger partial charge in [0.05, 0.1) is 5.02 Å². The Kier molecular flexibility index (Phi) is 4.52. The number of hydrogen-bond acceptors (Lipinski definition) is 3. The van der Waals surface area contributed by atoms with Crippen molar-refractivity contribution in [2.24, 2.45) is 0 Å². The van der Waals surface area contributed by atoms with Crippen molar-refractivity contribution in [1.29, 1.82) is 0 Å². The van der Waals surface area contributed by atoms with Crippen LogP contribution >= 0.6 is 11.6 Å². The van der Waals surface area contributed by atoms with E-state index in [4.69, 9.17) is 16.3 Å². The number of hydrogen-bond donors (Lipinski definition) is 0. The molecule has 2 aromatic rings. The molecule has 4 rings (SSSR count). The van der Waals surface area contributed by atoms with Crippen LogP contribution in [0.15, 0.2) is 48.5 Å². The molecule has 0 saturated carbocycles. The molecule has 2 aliphatic heterocycles. The minimum Gasteiger partial charge on any atom is -0.447 e. The molecule has 0 radical (unpaired) electrons. The summed E-state index contributed by atoms with van der Waals surface area (Å²) < 4.78 is 19.1. The van der Waals surface area contributed by atoms with Gasteiger partial charge in [0.25, 0.3) is 5.91 Å². The zero-order chi connectivity index (χ0) is 19.0. The van der Waals surface area contributed by atoms with Gasteiger partial charge in [0.2, 0.25) is 0 Å². The van der Waals surface area contributed by atoms with Gasteiger partial charge in [-0.25, -0.2) is 9.18 Å². The van der Waals surface area contributed by atoms with E-state index in [-0.39, 0.29) is 29.2 Å². The molecule has 2 aromatic carbocycles. The van der Waals surface area contributed by atoms with Crippen LogP contribution in [0.25, 0.3) is 0 Å². The highest BCUT2D eigenvalue weighted by Crippen LogP contribution is 2.33. The monoisotopic (exact) mass is 388 g/mol. The number of piperazine rings is 1. The molecule has 1 atom stereocenters. The van der Waals surface area contributed by atoms with E-state index < -0.39 is 11.4 Å². The average Bonchev–Trinajstić information content (AvgIpc) is 3.00. The molecule has 0 bridgehead atoms. The van der Waals surface area contributed by atoms with Crippen LogP contribution in [0.3, 0.4) is 0 Å². The summed E-state index contributed by atoms with van der Waals surface area (Å²) in [5.41, 5.74) is 0.690. The van der Waals surface area contributed by atoms with Gasteiger partial charge >= 0.3 is 6.09 Å². The van der Waals surface area contributed by atoms with Crippen LogP contribution in [0.5, 0.6) is 0 Å². The molecular formula is C20H18ClFN2O3. The molecule has 2 amide bonds.